The van der Waals surface area contributed by atoms with Gasteiger partial charge in [-0.15, -0.1) is 0 Å². The number of rotatable bonds is 18. The van der Waals surface area contributed by atoms with E-state index in [-0.39, 0.29) is 47.4 Å². The first-order chi connectivity index (χ1) is 22.9. The molecule has 0 amide bonds. The molecule has 2 aromatic rings. The molecule has 2 aromatic carbocycles. The van der Waals surface area contributed by atoms with Crippen LogP contribution in [-0.2, 0) is 33.6 Å². The Labute approximate surface area is 293 Å². The highest BCUT2D eigenvalue weighted by molar-refractivity contribution is 6.02. The Hall–Kier alpha value is -2.88. The van der Waals surface area contributed by atoms with Crippen LogP contribution in [0.3, 0.4) is 0 Å². The average molecular weight is 659 g/mol. The van der Waals surface area contributed by atoms with Gasteiger partial charge in [0.25, 0.3) is 0 Å². The summed E-state index contributed by atoms with van der Waals surface area (Å²) in [6.45, 7) is 20.6. The number of carbonyl (C=O) groups excluding carboxylic acids is 4. The maximum atomic E-state index is 13.8. The van der Waals surface area contributed by atoms with E-state index in [1.165, 1.54) is 30.0 Å². The van der Waals surface area contributed by atoms with E-state index in [9.17, 15) is 19.2 Å². The fourth-order valence-electron chi connectivity index (χ4n) is 7.95. The summed E-state index contributed by atoms with van der Waals surface area (Å²) in [6.07, 6.45) is 10.2. The fraction of sp³-hybridized carbons (Fsp3) is 0.636. The van der Waals surface area contributed by atoms with Crippen LogP contribution in [0.15, 0.2) is 30.3 Å². The van der Waals surface area contributed by atoms with Crippen LogP contribution in [0.2, 0.25) is 0 Å². The van der Waals surface area contributed by atoms with Gasteiger partial charge in [-0.25, -0.2) is 0 Å². The van der Waals surface area contributed by atoms with Gasteiger partial charge in [0.15, 0.2) is 5.78 Å². The molecule has 0 saturated carbocycles. The maximum Gasteiger partial charge on any atom is 0.163 e. The molecule has 1 aliphatic carbocycles. The Morgan fingerprint density at radius 3 is 2.08 bits per heavy atom. The average Bonchev–Trinajstić information content (AvgIpc) is 3.01. The molecule has 266 valence electrons. The van der Waals surface area contributed by atoms with Crippen molar-refractivity contribution in [1.82, 2.24) is 0 Å². The van der Waals surface area contributed by atoms with E-state index in [0.717, 1.165) is 80.0 Å². The van der Waals surface area contributed by atoms with Crippen LogP contribution < -0.4 is 0 Å². The van der Waals surface area contributed by atoms with Crippen LogP contribution in [0.5, 0.6) is 0 Å². The standard InChI is InChI=1S/C41H58O4.C3H8/c1-9-13-32(33(12-4)39(44)21-28(8)42)22-30-24-37-35(19-15-27(7)41(37)40(45)25-30)36-23-29(16-18-31(36)11-3)17-20-34(26(5)6)38(43)14-10-2;1-3-2/h15-16,18-19,23,26,30,32-34H,9-14,17,20-22,24-25H2,1-8H3;3H2,1-2H3. The Kier molecular flexibility index (Phi) is 17.7. The lowest BCUT2D eigenvalue weighted by Gasteiger charge is -2.33. The van der Waals surface area contributed by atoms with Crippen molar-refractivity contribution in [2.75, 3.05) is 0 Å². The minimum absolute atomic E-state index is 0.00923. The summed E-state index contributed by atoms with van der Waals surface area (Å²) < 4.78 is 0. The highest BCUT2D eigenvalue weighted by atomic mass is 16.1. The number of hydrogen-bond acceptors (Lipinski definition) is 4. The van der Waals surface area contributed by atoms with Crippen LogP contribution >= 0.6 is 0 Å². The van der Waals surface area contributed by atoms with Gasteiger partial charge in [0, 0.05) is 30.2 Å². The smallest absolute Gasteiger partial charge is 0.163 e. The van der Waals surface area contributed by atoms with E-state index in [1.807, 2.05) is 6.92 Å². The van der Waals surface area contributed by atoms with Crippen LogP contribution in [0.25, 0.3) is 11.1 Å². The number of hydrogen-bond donors (Lipinski definition) is 0. The van der Waals surface area contributed by atoms with Gasteiger partial charge in [-0.05, 0) is 110 Å². The van der Waals surface area contributed by atoms with Crippen molar-refractivity contribution in [3.63, 3.8) is 0 Å². The first kappa shape index (κ1) is 41.3. The third kappa shape index (κ3) is 11.3. The van der Waals surface area contributed by atoms with Crippen molar-refractivity contribution in [3.8, 4) is 11.1 Å². The zero-order chi connectivity index (χ0) is 36.0. The van der Waals surface area contributed by atoms with Crippen LogP contribution in [-0.4, -0.2) is 23.1 Å². The zero-order valence-electron chi connectivity index (χ0n) is 32.1. The van der Waals surface area contributed by atoms with Crippen molar-refractivity contribution in [1.29, 1.82) is 0 Å². The van der Waals surface area contributed by atoms with Gasteiger partial charge >= 0.3 is 0 Å². The lowest BCUT2D eigenvalue weighted by molar-refractivity contribution is -0.130. The molecule has 48 heavy (non-hydrogen) atoms. The molecule has 0 heterocycles. The predicted molar refractivity (Wildman–Crippen MR) is 202 cm³/mol. The van der Waals surface area contributed by atoms with Crippen molar-refractivity contribution in [2.45, 2.75) is 153 Å². The highest BCUT2D eigenvalue weighted by Crippen LogP contribution is 2.41. The molecule has 3 rings (SSSR count). The molecule has 0 aromatic heterocycles. The molecule has 4 heteroatoms. The van der Waals surface area contributed by atoms with Crippen molar-refractivity contribution in [2.24, 2.45) is 29.6 Å². The largest absolute Gasteiger partial charge is 0.300 e. The molecule has 4 nitrogen and oxygen atoms in total. The number of aryl methyl sites for hydroxylation is 3. The molecule has 0 spiro atoms. The highest BCUT2D eigenvalue weighted by Gasteiger charge is 2.34. The van der Waals surface area contributed by atoms with Gasteiger partial charge in [0.1, 0.15) is 17.3 Å². The molecule has 4 atom stereocenters. The number of Topliss-reactive ketones (excluding diaryl/α,β-unsaturated/α-hetero) is 4. The maximum absolute atomic E-state index is 13.8. The number of ketones is 4. The third-order valence-electron chi connectivity index (χ3n) is 10.2. The molecule has 4 unspecified atom stereocenters. The molecule has 1 aliphatic rings. The number of carbonyl (C=O) groups is 4. The minimum atomic E-state index is -0.135. The normalized spacial score (nSPS) is 16.1. The van der Waals surface area contributed by atoms with Crippen molar-refractivity contribution in [3.05, 3.63) is 58.1 Å². The summed E-state index contributed by atoms with van der Waals surface area (Å²) in [5.41, 5.74) is 7.94. The fourth-order valence-corrected chi connectivity index (χ4v) is 7.95. The number of fused-ring (bicyclic) bond motifs is 1. The van der Waals surface area contributed by atoms with Crippen molar-refractivity contribution >= 4 is 23.1 Å². The summed E-state index contributed by atoms with van der Waals surface area (Å²) in [5, 5.41) is 0. The number of benzene rings is 2. The zero-order valence-corrected chi connectivity index (χ0v) is 32.1. The molecule has 0 saturated heterocycles. The van der Waals surface area contributed by atoms with Crippen LogP contribution in [0, 0.1) is 36.5 Å². The lowest BCUT2D eigenvalue weighted by atomic mass is 9.71. The van der Waals surface area contributed by atoms with Gasteiger partial charge in [-0.1, -0.05) is 105 Å². The monoisotopic (exact) mass is 658 g/mol. The second-order valence-electron chi connectivity index (χ2n) is 14.8. The lowest BCUT2D eigenvalue weighted by Crippen LogP contribution is -2.30. The third-order valence-corrected chi connectivity index (χ3v) is 10.2. The first-order valence-corrected chi connectivity index (χ1v) is 19.2. The SMILES string of the molecule is CCC.CCCC(=O)C(CCc1ccc(CC)c(-c2ccc(C)c3c2CC(CC(CCC)C(CC)C(=O)CC(C)=O)CC3=O)c1)C(C)C. The summed E-state index contributed by atoms with van der Waals surface area (Å²) in [5.74, 6) is 1.20. The van der Waals surface area contributed by atoms with Gasteiger partial charge in [-0.2, -0.15) is 0 Å². The first-order valence-electron chi connectivity index (χ1n) is 19.2. The van der Waals surface area contributed by atoms with Gasteiger partial charge in [0.2, 0.25) is 0 Å². The Morgan fingerprint density at radius 2 is 1.52 bits per heavy atom. The van der Waals surface area contributed by atoms with Gasteiger partial charge < -0.3 is 0 Å². The van der Waals surface area contributed by atoms with E-state index in [2.05, 4.69) is 85.7 Å². The summed E-state index contributed by atoms with van der Waals surface area (Å²) >= 11 is 0. The Balaban J connectivity index is 0.00000257. The Bertz CT molecular complexity index is 1370. The van der Waals surface area contributed by atoms with E-state index in [1.54, 1.807) is 0 Å². The Morgan fingerprint density at radius 1 is 0.833 bits per heavy atom. The second kappa shape index (κ2) is 20.6. The van der Waals surface area contributed by atoms with Gasteiger partial charge in [-0.3, -0.25) is 19.2 Å². The van der Waals surface area contributed by atoms with E-state index in [4.69, 9.17) is 0 Å². The summed E-state index contributed by atoms with van der Waals surface area (Å²) in [6, 6.07) is 11.1. The van der Waals surface area contributed by atoms with E-state index >= 15 is 0 Å². The predicted octanol–water partition coefficient (Wildman–Crippen LogP) is 11.3. The molecule has 0 bridgehead atoms. The molecule has 0 fully saturated rings. The summed E-state index contributed by atoms with van der Waals surface area (Å²) in [4.78, 5) is 51.5. The molecular weight excluding hydrogens is 592 g/mol. The van der Waals surface area contributed by atoms with E-state index < -0.39 is 0 Å². The van der Waals surface area contributed by atoms with Gasteiger partial charge in [0.05, 0.1) is 6.42 Å². The van der Waals surface area contributed by atoms with Crippen LogP contribution in [0.4, 0.5) is 0 Å². The summed E-state index contributed by atoms with van der Waals surface area (Å²) in [7, 11) is 0. The van der Waals surface area contributed by atoms with E-state index in [0.29, 0.717) is 24.5 Å². The minimum Gasteiger partial charge on any atom is -0.300 e. The van der Waals surface area contributed by atoms with Crippen LogP contribution in [0.1, 0.15) is 159 Å². The molecular formula is C44H66O4. The second-order valence-corrected chi connectivity index (χ2v) is 14.8. The molecule has 0 radical (unpaired) electrons. The quantitative estimate of drug-likeness (QED) is 0.149. The molecule has 0 aliphatic heterocycles. The topological polar surface area (TPSA) is 68.3 Å². The molecule has 0 N–H and O–H groups in total. The van der Waals surface area contributed by atoms with Crippen molar-refractivity contribution < 1.29 is 19.2 Å².